The number of fused-ring (bicyclic) bond motifs is 1. The molecule has 0 radical (unpaired) electrons. The van der Waals surface area contributed by atoms with Gasteiger partial charge in [0.15, 0.2) is 11.5 Å². The smallest absolute Gasteiger partial charge is 0.336 e. The topological polar surface area (TPSA) is 76.7 Å². The summed E-state index contributed by atoms with van der Waals surface area (Å²) in [4.78, 5) is 21.7. The average molecular weight is 220 g/mol. The van der Waals surface area contributed by atoms with Gasteiger partial charge in [-0.05, 0) is 12.1 Å². The van der Waals surface area contributed by atoms with Crippen LogP contribution in [0.3, 0.4) is 0 Å². The minimum atomic E-state index is -0.562. The van der Waals surface area contributed by atoms with Gasteiger partial charge in [0.05, 0.1) is 0 Å². The number of hydrogen-bond acceptors (Lipinski definition) is 5. The number of benzene rings is 1. The molecule has 1 N–H and O–H groups in total. The molecule has 1 heterocycles. The zero-order valence-corrected chi connectivity index (χ0v) is 8.39. The van der Waals surface area contributed by atoms with E-state index in [9.17, 15) is 14.7 Å². The molecule has 2 aromatic rings. The van der Waals surface area contributed by atoms with Crippen LogP contribution >= 0.6 is 0 Å². The molecule has 0 aliphatic heterocycles. The van der Waals surface area contributed by atoms with Crippen molar-refractivity contribution >= 4 is 16.9 Å². The summed E-state index contributed by atoms with van der Waals surface area (Å²) in [6.45, 7) is 1.21. The molecule has 16 heavy (non-hydrogen) atoms. The zero-order chi connectivity index (χ0) is 11.7. The van der Waals surface area contributed by atoms with Gasteiger partial charge >= 0.3 is 11.6 Å². The molecule has 0 amide bonds. The van der Waals surface area contributed by atoms with E-state index in [1.54, 1.807) is 0 Å². The predicted octanol–water partition coefficient (Wildman–Crippen LogP) is 1.42. The molecule has 82 valence electrons. The van der Waals surface area contributed by atoms with Gasteiger partial charge in [0.1, 0.15) is 5.58 Å². The quantitative estimate of drug-likeness (QED) is 0.447. The molecule has 0 spiro atoms. The first-order valence-electron chi connectivity index (χ1n) is 4.51. The Morgan fingerprint density at radius 1 is 1.38 bits per heavy atom. The third-order valence-electron chi connectivity index (χ3n) is 1.95. The second-order valence-electron chi connectivity index (χ2n) is 3.21. The predicted molar refractivity (Wildman–Crippen MR) is 55.5 cm³/mol. The van der Waals surface area contributed by atoms with Crippen LogP contribution in [0, 0.1) is 0 Å². The SMILES string of the molecule is CC(=O)Oc1cc2oc(=O)ccc2cc1O. The molecule has 0 aliphatic rings. The minimum Gasteiger partial charge on any atom is -0.504 e. The molecule has 0 aliphatic carbocycles. The fourth-order valence-electron chi connectivity index (χ4n) is 1.32. The minimum absolute atomic E-state index is 0.0330. The van der Waals surface area contributed by atoms with Gasteiger partial charge in [-0.2, -0.15) is 0 Å². The lowest BCUT2D eigenvalue weighted by molar-refractivity contribution is -0.132. The largest absolute Gasteiger partial charge is 0.504 e. The summed E-state index contributed by atoms with van der Waals surface area (Å²) in [5.74, 6) is -0.779. The Hall–Kier alpha value is -2.30. The standard InChI is InChI=1S/C11H8O5/c1-6(12)15-10-5-9-7(4-8(10)13)2-3-11(14)16-9/h2-5,13H,1H3. The van der Waals surface area contributed by atoms with Crippen molar-refractivity contribution in [2.24, 2.45) is 0 Å². The van der Waals surface area contributed by atoms with Crippen LogP contribution < -0.4 is 10.4 Å². The molecule has 0 bridgehead atoms. The molecular formula is C11H8O5. The molecule has 0 fully saturated rings. The molecule has 1 aromatic heterocycles. The van der Waals surface area contributed by atoms with Gasteiger partial charge in [-0.1, -0.05) is 0 Å². The van der Waals surface area contributed by atoms with E-state index in [0.717, 1.165) is 0 Å². The van der Waals surface area contributed by atoms with Crippen LogP contribution in [0.25, 0.3) is 11.0 Å². The Morgan fingerprint density at radius 2 is 2.12 bits per heavy atom. The summed E-state index contributed by atoms with van der Waals surface area (Å²) >= 11 is 0. The highest BCUT2D eigenvalue weighted by molar-refractivity contribution is 5.82. The average Bonchev–Trinajstić information content (AvgIpc) is 2.19. The monoisotopic (exact) mass is 220 g/mol. The van der Waals surface area contributed by atoms with Crippen molar-refractivity contribution in [3.63, 3.8) is 0 Å². The van der Waals surface area contributed by atoms with Gasteiger partial charge in [-0.25, -0.2) is 4.79 Å². The number of carbonyl (C=O) groups excluding carboxylic acids is 1. The number of hydrogen-bond donors (Lipinski definition) is 1. The number of phenolic OH excluding ortho intramolecular Hbond substituents is 1. The Kier molecular flexibility index (Phi) is 2.36. The summed E-state index contributed by atoms with van der Waals surface area (Å²) in [6, 6.07) is 5.41. The zero-order valence-electron chi connectivity index (χ0n) is 8.39. The van der Waals surface area contributed by atoms with Gasteiger partial charge in [-0.15, -0.1) is 0 Å². The molecule has 0 unspecified atom stereocenters. The highest BCUT2D eigenvalue weighted by Crippen LogP contribution is 2.30. The van der Waals surface area contributed by atoms with Crippen molar-refractivity contribution < 1.29 is 19.1 Å². The number of rotatable bonds is 1. The van der Waals surface area contributed by atoms with Crippen molar-refractivity contribution in [3.8, 4) is 11.5 Å². The lowest BCUT2D eigenvalue weighted by atomic mass is 10.2. The Labute approximate surface area is 89.9 Å². The third-order valence-corrected chi connectivity index (χ3v) is 1.95. The number of carbonyl (C=O) groups is 1. The summed E-state index contributed by atoms with van der Waals surface area (Å²) in [5, 5.41) is 10.1. The van der Waals surface area contributed by atoms with Crippen molar-refractivity contribution in [1.29, 1.82) is 0 Å². The fraction of sp³-hybridized carbons (Fsp3) is 0.0909. The lowest BCUT2D eigenvalue weighted by Crippen LogP contribution is -2.02. The first-order valence-corrected chi connectivity index (χ1v) is 4.51. The van der Waals surface area contributed by atoms with Crippen molar-refractivity contribution in [3.05, 3.63) is 34.7 Å². The summed E-state index contributed by atoms with van der Waals surface area (Å²) in [5.41, 5.74) is -0.256. The Balaban J connectivity index is 2.63. The lowest BCUT2D eigenvalue weighted by Gasteiger charge is -2.04. The van der Waals surface area contributed by atoms with Crippen LogP contribution in [0.15, 0.2) is 33.5 Å². The maximum atomic E-state index is 11.0. The number of phenols is 1. The van der Waals surface area contributed by atoms with Gasteiger partial charge in [0.2, 0.25) is 0 Å². The second-order valence-corrected chi connectivity index (χ2v) is 3.21. The van der Waals surface area contributed by atoms with Crippen LogP contribution in [0.4, 0.5) is 0 Å². The van der Waals surface area contributed by atoms with Crippen molar-refractivity contribution in [1.82, 2.24) is 0 Å². The van der Waals surface area contributed by atoms with E-state index < -0.39 is 11.6 Å². The van der Waals surface area contributed by atoms with Gasteiger partial charge in [0.25, 0.3) is 0 Å². The normalized spacial score (nSPS) is 10.3. The van der Waals surface area contributed by atoms with E-state index in [2.05, 4.69) is 0 Å². The van der Waals surface area contributed by atoms with Crippen molar-refractivity contribution in [2.75, 3.05) is 0 Å². The maximum Gasteiger partial charge on any atom is 0.336 e. The van der Waals surface area contributed by atoms with E-state index in [4.69, 9.17) is 9.15 Å². The molecule has 1 aromatic carbocycles. The van der Waals surface area contributed by atoms with E-state index in [0.29, 0.717) is 5.39 Å². The number of esters is 1. The van der Waals surface area contributed by atoms with E-state index >= 15 is 0 Å². The fourth-order valence-corrected chi connectivity index (χ4v) is 1.32. The summed E-state index contributed by atoms with van der Waals surface area (Å²) < 4.78 is 9.62. The molecule has 0 saturated heterocycles. The van der Waals surface area contributed by atoms with E-state index in [-0.39, 0.29) is 17.1 Å². The second kappa shape index (κ2) is 3.69. The Morgan fingerprint density at radius 3 is 2.81 bits per heavy atom. The third kappa shape index (κ3) is 1.88. The highest BCUT2D eigenvalue weighted by Gasteiger charge is 2.08. The van der Waals surface area contributed by atoms with E-state index in [1.165, 1.54) is 31.2 Å². The first kappa shape index (κ1) is 10.2. The van der Waals surface area contributed by atoms with Crippen LogP contribution in [0.5, 0.6) is 11.5 Å². The summed E-state index contributed by atoms with van der Waals surface area (Å²) in [6.07, 6.45) is 0. The molecule has 5 nitrogen and oxygen atoms in total. The molecule has 0 atom stereocenters. The molecular weight excluding hydrogens is 212 g/mol. The van der Waals surface area contributed by atoms with Crippen molar-refractivity contribution in [2.45, 2.75) is 6.92 Å². The number of aromatic hydroxyl groups is 1. The highest BCUT2D eigenvalue weighted by atomic mass is 16.5. The van der Waals surface area contributed by atoms with Gasteiger partial charge in [0, 0.05) is 24.4 Å². The number of ether oxygens (including phenoxy) is 1. The van der Waals surface area contributed by atoms with Gasteiger partial charge in [-0.3, -0.25) is 4.79 Å². The molecule has 0 saturated carbocycles. The van der Waals surface area contributed by atoms with Crippen LogP contribution in [0.1, 0.15) is 6.92 Å². The Bertz CT molecular complexity index is 611. The summed E-state index contributed by atoms with van der Waals surface area (Å²) in [7, 11) is 0. The van der Waals surface area contributed by atoms with E-state index in [1.807, 2.05) is 0 Å². The molecule has 2 rings (SSSR count). The first-order chi connectivity index (χ1) is 7.56. The van der Waals surface area contributed by atoms with Crippen LogP contribution in [-0.2, 0) is 4.79 Å². The molecule has 5 heteroatoms. The van der Waals surface area contributed by atoms with Crippen LogP contribution in [-0.4, -0.2) is 11.1 Å². The van der Waals surface area contributed by atoms with Gasteiger partial charge < -0.3 is 14.3 Å². The maximum absolute atomic E-state index is 11.0. The van der Waals surface area contributed by atoms with Crippen LogP contribution in [0.2, 0.25) is 0 Å².